The van der Waals surface area contributed by atoms with E-state index < -0.39 is 5.97 Å². The SMILES string of the molecule is CN(C)c1ccc(C=C2N=C(c3ccccc3Cl)OC2=O)cc1. The molecule has 23 heavy (non-hydrogen) atoms. The largest absolute Gasteiger partial charge is 0.402 e. The normalized spacial score (nSPS) is 15.5. The molecule has 0 N–H and O–H groups in total. The van der Waals surface area contributed by atoms with Crippen LogP contribution in [0.1, 0.15) is 11.1 Å². The molecule has 0 spiro atoms. The average Bonchev–Trinajstić information content (AvgIpc) is 2.89. The van der Waals surface area contributed by atoms with Crippen molar-refractivity contribution in [1.29, 1.82) is 0 Å². The Balaban J connectivity index is 1.90. The van der Waals surface area contributed by atoms with E-state index >= 15 is 0 Å². The lowest BCUT2D eigenvalue weighted by Crippen LogP contribution is -2.08. The summed E-state index contributed by atoms with van der Waals surface area (Å²) in [5.74, 6) is -0.242. The lowest BCUT2D eigenvalue weighted by atomic mass is 10.1. The van der Waals surface area contributed by atoms with Gasteiger partial charge >= 0.3 is 5.97 Å². The van der Waals surface area contributed by atoms with Crippen molar-refractivity contribution in [3.8, 4) is 0 Å². The van der Waals surface area contributed by atoms with Crippen LogP contribution in [0.25, 0.3) is 6.08 Å². The molecule has 0 saturated carbocycles. The van der Waals surface area contributed by atoms with Gasteiger partial charge in [-0.2, -0.15) is 0 Å². The van der Waals surface area contributed by atoms with Gasteiger partial charge in [-0.3, -0.25) is 0 Å². The van der Waals surface area contributed by atoms with Crippen molar-refractivity contribution >= 4 is 35.2 Å². The summed E-state index contributed by atoms with van der Waals surface area (Å²) in [6, 6.07) is 14.9. The summed E-state index contributed by atoms with van der Waals surface area (Å²) in [4.78, 5) is 18.3. The van der Waals surface area contributed by atoms with Gasteiger partial charge in [-0.05, 0) is 35.9 Å². The number of cyclic esters (lactones) is 1. The quantitative estimate of drug-likeness (QED) is 0.637. The molecule has 0 unspecified atom stereocenters. The summed E-state index contributed by atoms with van der Waals surface area (Å²) in [5, 5.41) is 0.496. The van der Waals surface area contributed by atoms with Crippen molar-refractivity contribution in [2.75, 3.05) is 19.0 Å². The van der Waals surface area contributed by atoms with Crippen LogP contribution < -0.4 is 4.90 Å². The number of aliphatic imine (C=N–C) groups is 1. The van der Waals surface area contributed by atoms with Crippen molar-refractivity contribution in [3.05, 3.63) is 70.4 Å². The molecule has 0 amide bonds. The number of carbonyl (C=O) groups is 1. The summed E-state index contributed by atoms with van der Waals surface area (Å²) in [6.45, 7) is 0. The van der Waals surface area contributed by atoms with E-state index in [0.29, 0.717) is 10.6 Å². The molecule has 0 aromatic heterocycles. The average molecular weight is 327 g/mol. The van der Waals surface area contributed by atoms with Crippen molar-refractivity contribution in [2.45, 2.75) is 0 Å². The van der Waals surface area contributed by atoms with E-state index in [1.54, 1.807) is 18.2 Å². The second-order valence-electron chi connectivity index (χ2n) is 5.30. The topological polar surface area (TPSA) is 41.9 Å². The lowest BCUT2D eigenvalue weighted by Gasteiger charge is -2.11. The van der Waals surface area contributed by atoms with Crippen LogP contribution >= 0.6 is 11.6 Å². The third-order valence-electron chi connectivity index (χ3n) is 3.44. The van der Waals surface area contributed by atoms with Gasteiger partial charge < -0.3 is 9.64 Å². The number of ether oxygens (including phenoxy) is 1. The third kappa shape index (κ3) is 3.27. The maximum atomic E-state index is 12.0. The minimum absolute atomic E-state index is 0.233. The molecule has 0 radical (unpaired) electrons. The number of benzene rings is 2. The molecule has 5 heteroatoms. The molecule has 1 aliphatic rings. The van der Waals surface area contributed by atoms with E-state index in [4.69, 9.17) is 16.3 Å². The summed E-state index contributed by atoms with van der Waals surface area (Å²) >= 11 is 6.11. The molecular formula is C18H15ClN2O2. The van der Waals surface area contributed by atoms with Crippen molar-refractivity contribution in [2.24, 2.45) is 4.99 Å². The Kier molecular flexibility index (Phi) is 4.17. The van der Waals surface area contributed by atoms with Crippen LogP contribution in [-0.2, 0) is 9.53 Å². The van der Waals surface area contributed by atoms with Gasteiger partial charge in [-0.25, -0.2) is 9.79 Å². The molecule has 0 saturated heterocycles. The number of hydrogen-bond acceptors (Lipinski definition) is 4. The highest BCUT2D eigenvalue weighted by Crippen LogP contribution is 2.24. The zero-order valence-electron chi connectivity index (χ0n) is 12.8. The fraction of sp³-hybridized carbons (Fsp3) is 0.111. The Bertz CT molecular complexity index is 808. The number of esters is 1. The van der Waals surface area contributed by atoms with E-state index in [0.717, 1.165) is 11.3 Å². The summed E-state index contributed by atoms with van der Waals surface area (Å²) in [6.07, 6.45) is 1.70. The number of carbonyl (C=O) groups excluding carboxylic acids is 1. The number of hydrogen-bond donors (Lipinski definition) is 0. The van der Waals surface area contributed by atoms with Crippen LogP contribution in [-0.4, -0.2) is 26.0 Å². The van der Waals surface area contributed by atoms with Crippen LogP contribution in [0.5, 0.6) is 0 Å². The van der Waals surface area contributed by atoms with Crippen molar-refractivity contribution in [1.82, 2.24) is 0 Å². The van der Waals surface area contributed by atoms with Gasteiger partial charge in [-0.1, -0.05) is 35.9 Å². The van der Waals surface area contributed by atoms with Gasteiger partial charge in [0.05, 0.1) is 10.6 Å². The number of halogens is 1. The molecule has 2 aromatic rings. The highest BCUT2D eigenvalue weighted by atomic mass is 35.5. The van der Waals surface area contributed by atoms with E-state index in [-0.39, 0.29) is 11.6 Å². The Morgan fingerprint density at radius 1 is 1.09 bits per heavy atom. The highest BCUT2D eigenvalue weighted by molar-refractivity contribution is 6.34. The second kappa shape index (κ2) is 6.26. The van der Waals surface area contributed by atoms with Gasteiger partial charge in [0.2, 0.25) is 5.90 Å². The Labute approximate surface area is 139 Å². The van der Waals surface area contributed by atoms with Gasteiger partial charge in [0.1, 0.15) is 0 Å². The lowest BCUT2D eigenvalue weighted by molar-refractivity contribution is -0.129. The van der Waals surface area contributed by atoms with Crippen LogP contribution in [0.4, 0.5) is 5.69 Å². The summed E-state index contributed by atoms with van der Waals surface area (Å²) in [5.41, 5.74) is 2.83. The van der Waals surface area contributed by atoms with Crippen LogP contribution in [0.15, 0.2) is 59.2 Å². The fourth-order valence-corrected chi connectivity index (χ4v) is 2.40. The molecule has 0 aliphatic carbocycles. The molecule has 4 nitrogen and oxygen atoms in total. The molecule has 0 atom stereocenters. The predicted octanol–water partition coefficient (Wildman–Crippen LogP) is 3.75. The molecule has 2 aromatic carbocycles. The van der Waals surface area contributed by atoms with E-state index in [2.05, 4.69) is 4.99 Å². The molecule has 0 bridgehead atoms. The Hall–Kier alpha value is -2.59. The van der Waals surface area contributed by atoms with Crippen molar-refractivity contribution in [3.63, 3.8) is 0 Å². The first-order chi connectivity index (χ1) is 11.0. The molecule has 0 fully saturated rings. The Morgan fingerprint density at radius 2 is 1.78 bits per heavy atom. The van der Waals surface area contributed by atoms with E-state index in [1.807, 2.05) is 55.4 Å². The summed E-state index contributed by atoms with van der Waals surface area (Å²) in [7, 11) is 3.95. The maximum absolute atomic E-state index is 12.0. The van der Waals surface area contributed by atoms with E-state index in [1.165, 1.54) is 0 Å². The first-order valence-electron chi connectivity index (χ1n) is 7.09. The number of nitrogens with zero attached hydrogens (tertiary/aromatic N) is 2. The predicted molar refractivity (Wildman–Crippen MR) is 92.8 cm³/mol. The minimum atomic E-state index is -0.475. The standard InChI is InChI=1S/C18H15ClN2O2/c1-21(2)13-9-7-12(8-10-13)11-16-18(22)23-17(20-16)14-5-3-4-6-15(14)19/h3-11H,1-2H3. The smallest absolute Gasteiger partial charge is 0.363 e. The van der Waals surface area contributed by atoms with Gasteiger partial charge in [0.25, 0.3) is 0 Å². The fourth-order valence-electron chi connectivity index (χ4n) is 2.19. The molecule has 1 heterocycles. The maximum Gasteiger partial charge on any atom is 0.363 e. The Morgan fingerprint density at radius 3 is 2.43 bits per heavy atom. The second-order valence-corrected chi connectivity index (χ2v) is 5.71. The minimum Gasteiger partial charge on any atom is -0.402 e. The zero-order chi connectivity index (χ0) is 16.4. The molecule has 1 aliphatic heterocycles. The number of rotatable bonds is 3. The molecule has 116 valence electrons. The first kappa shape index (κ1) is 15.3. The van der Waals surface area contributed by atoms with Gasteiger partial charge in [0, 0.05) is 19.8 Å². The summed E-state index contributed by atoms with van der Waals surface area (Å²) < 4.78 is 5.23. The zero-order valence-corrected chi connectivity index (χ0v) is 13.5. The molecular weight excluding hydrogens is 312 g/mol. The number of anilines is 1. The van der Waals surface area contributed by atoms with Crippen LogP contribution in [0.2, 0.25) is 5.02 Å². The first-order valence-corrected chi connectivity index (χ1v) is 7.47. The molecule has 3 rings (SSSR count). The van der Waals surface area contributed by atoms with Crippen LogP contribution in [0, 0.1) is 0 Å². The van der Waals surface area contributed by atoms with Gasteiger partial charge in [-0.15, -0.1) is 0 Å². The van der Waals surface area contributed by atoms with Gasteiger partial charge in [0.15, 0.2) is 5.70 Å². The highest BCUT2D eigenvalue weighted by Gasteiger charge is 2.25. The van der Waals surface area contributed by atoms with Crippen molar-refractivity contribution < 1.29 is 9.53 Å². The van der Waals surface area contributed by atoms with Crippen LogP contribution in [0.3, 0.4) is 0 Å². The van der Waals surface area contributed by atoms with E-state index in [9.17, 15) is 4.79 Å². The monoisotopic (exact) mass is 326 g/mol. The third-order valence-corrected chi connectivity index (χ3v) is 3.77.